The average Bonchev–Trinajstić information content (AvgIpc) is 3.14. The maximum absolute atomic E-state index is 12.9. The molecule has 2 aromatic rings. The van der Waals surface area contributed by atoms with E-state index in [4.69, 9.17) is 11.6 Å². The van der Waals surface area contributed by atoms with E-state index in [1.165, 1.54) is 23.7 Å². The second kappa shape index (κ2) is 9.41. The van der Waals surface area contributed by atoms with Crippen LogP contribution in [0.25, 0.3) is 0 Å². The van der Waals surface area contributed by atoms with Gasteiger partial charge in [-0.1, -0.05) is 30.6 Å². The Kier molecular flexibility index (Phi) is 7.66. The van der Waals surface area contributed by atoms with Crippen LogP contribution < -0.4 is 0 Å². The van der Waals surface area contributed by atoms with Gasteiger partial charge in [-0.25, -0.2) is 8.42 Å². The molecule has 0 saturated heterocycles. The van der Waals surface area contributed by atoms with Crippen LogP contribution in [-0.4, -0.2) is 44.1 Å². The standard InChI is InChI=1S/C17H19ClF3N3O3S2/c1-4-24(5-2)29(25,26)15-7-6-14(28-15)12(10-23-27-3)16-13(18)8-11(9-22-16)17(19,20)21/h6-10,12H,4-5H2,1-3H3/b23-10-. The van der Waals surface area contributed by atoms with Crippen molar-refractivity contribution >= 4 is 39.2 Å². The third-order valence-corrected chi connectivity index (χ3v) is 8.00. The predicted octanol–water partition coefficient (Wildman–Crippen LogP) is 4.61. The van der Waals surface area contributed by atoms with Crippen molar-refractivity contribution in [3.05, 3.63) is 45.6 Å². The predicted molar refractivity (Wildman–Crippen MR) is 106 cm³/mol. The molecule has 2 aromatic heterocycles. The van der Waals surface area contributed by atoms with Gasteiger partial charge >= 0.3 is 6.18 Å². The van der Waals surface area contributed by atoms with Crippen LogP contribution in [0, 0.1) is 0 Å². The quantitative estimate of drug-likeness (QED) is 0.418. The fourth-order valence-electron chi connectivity index (χ4n) is 2.56. The highest BCUT2D eigenvalue weighted by Gasteiger charge is 2.33. The Bertz CT molecular complexity index is 974. The highest BCUT2D eigenvalue weighted by atomic mass is 35.5. The summed E-state index contributed by atoms with van der Waals surface area (Å²) in [4.78, 5) is 9.03. The Morgan fingerprint density at radius 3 is 2.52 bits per heavy atom. The summed E-state index contributed by atoms with van der Waals surface area (Å²) in [6.07, 6.45) is -2.60. The summed E-state index contributed by atoms with van der Waals surface area (Å²) in [6.45, 7) is 4.09. The molecule has 2 rings (SSSR count). The monoisotopic (exact) mass is 469 g/mol. The third kappa shape index (κ3) is 5.27. The van der Waals surface area contributed by atoms with Gasteiger partial charge < -0.3 is 4.84 Å². The number of pyridine rings is 1. The Hall–Kier alpha value is -1.69. The lowest BCUT2D eigenvalue weighted by Gasteiger charge is -2.17. The largest absolute Gasteiger partial charge is 0.417 e. The summed E-state index contributed by atoms with van der Waals surface area (Å²) in [7, 11) is -2.37. The fraction of sp³-hybridized carbons (Fsp3) is 0.412. The zero-order chi connectivity index (χ0) is 21.8. The van der Waals surface area contributed by atoms with Crippen molar-refractivity contribution in [1.82, 2.24) is 9.29 Å². The van der Waals surface area contributed by atoms with E-state index < -0.39 is 27.7 Å². The second-order valence-electron chi connectivity index (χ2n) is 5.75. The number of aromatic nitrogens is 1. The number of rotatable bonds is 8. The molecule has 0 bridgehead atoms. The minimum atomic E-state index is -4.58. The molecule has 0 spiro atoms. The normalized spacial score (nSPS) is 13.9. The van der Waals surface area contributed by atoms with Gasteiger partial charge in [-0.15, -0.1) is 11.3 Å². The van der Waals surface area contributed by atoms with Gasteiger partial charge in [0.2, 0.25) is 0 Å². The first kappa shape index (κ1) is 23.6. The van der Waals surface area contributed by atoms with Crippen LogP contribution in [0.2, 0.25) is 5.02 Å². The summed E-state index contributed by atoms with van der Waals surface area (Å²) in [5, 5.41) is 3.46. The lowest BCUT2D eigenvalue weighted by molar-refractivity contribution is -0.137. The van der Waals surface area contributed by atoms with E-state index >= 15 is 0 Å². The first-order valence-electron chi connectivity index (χ1n) is 8.45. The van der Waals surface area contributed by atoms with Gasteiger partial charge in [0.25, 0.3) is 10.0 Å². The molecule has 1 unspecified atom stereocenters. The molecule has 6 nitrogen and oxygen atoms in total. The molecule has 0 amide bonds. The number of sulfonamides is 1. The maximum atomic E-state index is 12.9. The Morgan fingerprint density at radius 2 is 2.00 bits per heavy atom. The van der Waals surface area contributed by atoms with Crippen LogP contribution in [0.15, 0.2) is 33.8 Å². The summed E-state index contributed by atoms with van der Waals surface area (Å²) < 4.78 is 65.5. The number of hydrogen-bond donors (Lipinski definition) is 0. The van der Waals surface area contributed by atoms with E-state index in [0.717, 1.165) is 17.4 Å². The lowest BCUT2D eigenvalue weighted by atomic mass is 10.0. The summed E-state index contributed by atoms with van der Waals surface area (Å²) in [5.74, 6) is -0.782. The van der Waals surface area contributed by atoms with Gasteiger partial charge in [-0.05, 0) is 18.2 Å². The van der Waals surface area contributed by atoms with Gasteiger partial charge in [0.05, 0.1) is 28.4 Å². The molecule has 0 radical (unpaired) electrons. The number of hydrogen-bond acceptors (Lipinski definition) is 6. The van der Waals surface area contributed by atoms with Crippen molar-refractivity contribution in [2.45, 2.75) is 30.2 Å². The van der Waals surface area contributed by atoms with Crippen LogP contribution in [-0.2, 0) is 21.0 Å². The van der Waals surface area contributed by atoms with Crippen molar-refractivity contribution < 1.29 is 26.4 Å². The molecule has 0 aliphatic carbocycles. The minimum Gasteiger partial charge on any atom is -0.399 e. The molecule has 0 fully saturated rings. The van der Waals surface area contributed by atoms with Crippen LogP contribution in [0.5, 0.6) is 0 Å². The molecule has 0 aliphatic heterocycles. The zero-order valence-corrected chi connectivity index (χ0v) is 18.2. The van der Waals surface area contributed by atoms with Crippen molar-refractivity contribution in [2.75, 3.05) is 20.2 Å². The fourth-order valence-corrected chi connectivity index (χ4v) is 5.85. The topological polar surface area (TPSA) is 71.9 Å². The van der Waals surface area contributed by atoms with E-state index in [1.807, 2.05) is 0 Å². The van der Waals surface area contributed by atoms with Crippen molar-refractivity contribution in [1.29, 1.82) is 0 Å². The SMILES string of the molecule is CCN(CC)S(=O)(=O)c1ccc(C(/C=N\OC)c2ncc(C(F)(F)F)cc2Cl)s1. The summed E-state index contributed by atoms with van der Waals surface area (Å²) in [6, 6.07) is 3.78. The van der Waals surface area contributed by atoms with Gasteiger partial charge in [0.1, 0.15) is 11.3 Å². The molecule has 0 saturated carbocycles. The second-order valence-corrected chi connectivity index (χ2v) is 9.44. The highest BCUT2D eigenvalue weighted by Crippen LogP contribution is 2.37. The smallest absolute Gasteiger partial charge is 0.399 e. The number of halogens is 4. The molecule has 0 aromatic carbocycles. The van der Waals surface area contributed by atoms with Crippen molar-refractivity contribution in [3.63, 3.8) is 0 Å². The molecule has 1 atom stereocenters. The van der Waals surface area contributed by atoms with E-state index in [9.17, 15) is 21.6 Å². The molecule has 0 N–H and O–H groups in total. The molecular weight excluding hydrogens is 451 g/mol. The van der Waals surface area contributed by atoms with Gasteiger partial charge in [0, 0.05) is 24.2 Å². The number of oxime groups is 1. The number of thiophene rings is 1. The molecule has 160 valence electrons. The van der Waals surface area contributed by atoms with E-state index in [-0.39, 0.29) is 14.9 Å². The van der Waals surface area contributed by atoms with Crippen LogP contribution >= 0.6 is 22.9 Å². The van der Waals surface area contributed by atoms with Crippen molar-refractivity contribution in [2.24, 2.45) is 5.16 Å². The van der Waals surface area contributed by atoms with E-state index in [2.05, 4.69) is 15.0 Å². The van der Waals surface area contributed by atoms with Crippen LogP contribution in [0.1, 0.15) is 35.9 Å². The minimum absolute atomic E-state index is 0.106. The Balaban J connectivity index is 2.51. The highest BCUT2D eigenvalue weighted by molar-refractivity contribution is 7.91. The maximum Gasteiger partial charge on any atom is 0.417 e. The van der Waals surface area contributed by atoms with E-state index in [1.54, 1.807) is 19.9 Å². The number of alkyl halides is 3. The molecular formula is C17H19ClF3N3O3S2. The van der Waals surface area contributed by atoms with Gasteiger partial charge in [-0.3, -0.25) is 4.98 Å². The first-order chi connectivity index (χ1) is 13.6. The lowest BCUT2D eigenvalue weighted by Crippen LogP contribution is -2.29. The van der Waals surface area contributed by atoms with E-state index in [0.29, 0.717) is 24.2 Å². The van der Waals surface area contributed by atoms with Crippen LogP contribution in [0.4, 0.5) is 13.2 Å². The molecule has 12 heteroatoms. The van der Waals surface area contributed by atoms with Gasteiger partial charge in [-0.2, -0.15) is 17.5 Å². The summed E-state index contributed by atoms with van der Waals surface area (Å²) in [5.41, 5.74) is -0.876. The van der Waals surface area contributed by atoms with Crippen molar-refractivity contribution in [3.8, 4) is 0 Å². The zero-order valence-electron chi connectivity index (χ0n) is 15.8. The number of nitrogens with zero attached hydrogens (tertiary/aromatic N) is 3. The summed E-state index contributed by atoms with van der Waals surface area (Å²) >= 11 is 7.04. The third-order valence-electron chi connectivity index (χ3n) is 4.02. The molecule has 0 aliphatic rings. The van der Waals surface area contributed by atoms with Gasteiger partial charge in [0.15, 0.2) is 0 Å². The Morgan fingerprint density at radius 1 is 1.34 bits per heavy atom. The molecule has 29 heavy (non-hydrogen) atoms. The first-order valence-corrected chi connectivity index (χ1v) is 11.1. The Labute approximate surface area is 176 Å². The van der Waals surface area contributed by atoms with Crippen LogP contribution in [0.3, 0.4) is 0 Å². The molecule has 2 heterocycles. The average molecular weight is 470 g/mol.